The molecule has 1 N–H and O–H groups in total. The molecule has 8 nitrogen and oxygen atoms in total. The molecule has 1 aromatic carbocycles. The van der Waals surface area contributed by atoms with E-state index in [1.54, 1.807) is 18.4 Å². The molecule has 1 aliphatic rings. The second-order valence-corrected chi connectivity index (χ2v) is 11.0. The Labute approximate surface area is 184 Å². The predicted molar refractivity (Wildman–Crippen MR) is 120 cm³/mol. The van der Waals surface area contributed by atoms with Gasteiger partial charge in [0.25, 0.3) is 11.5 Å². The average Bonchev–Trinajstić information content (AvgIpc) is 3.19. The lowest BCUT2D eigenvalue weighted by Gasteiger charge is -2.34. The summed E-state index contributed by atoms with van der Waals surface area (Å²) in [7, 11) is -3.72. The molecule has 0 unspecified atom stereocenters. The van der Waals surface area contributed by atoms with Crippen LogP contribution < -0.4 is 11.0 Å². The number of benzene rings is 1. The molecule has 4 rings (SSSR count). The van der Waals surface area contributed by atoms with Crippen molar-refractivity contribution in [2.45, 2.75) is 32.1 Å². The average molecular weight is 461 g/mol. The molecular formula is C21H24N4O4S2. The van der Waals surface area contributed by atoms with Crippen molar-refractivity contribution < 1.29 is 13.2 Å². The van der Waals surface area contributed by atoms with Crippen LogP contribution in [0.5, 0.6) is 0 Å². The van der Waals surface area contributed by atoms with Crippen LogP contribution in [0.1, 0.15) is 36.5 Å². The number of carbonyl (C=O) groups excluding carboxylic acids is 1. The SMILES string of the molecule is Cc1nc2sccc2c(=O)n1NC(=O)c1cccc(S(=O)(=O)N2C[C@H](C)C[C@H](C)C2)c1. The highest BCUT2D eigenvalue weighted by molar-refractivity contribution is 7.89. The number of hydrogen-bond acceptors (Lipinski definition) is 6. The summed E-state index contributed by atoms with van der Waals surface area (Å²) in [5.74, 6) is 0.311. The molecule has 1 amide bonds. The van der Waals surface area contributed by atoms with Crippen molar-refractivity contribution in [2.24, 2.45) is 11.8 Å². The predicted octanol–water partition coefficient (Wildman–Crippen LogP) is 2.82. The number of carbonyl (C=O) groups is 1. The summed E-state index contributed by atoms with van der Waals surface area (Å²) in [5.41, 5.74) is 2.32. The summed E-state index contributed by atoms with van der Waals surface area (Å²) in [5, 5.41) is 2.18. The zero-order chi connectivity index (χ0) is 22.3. The van der Waals surface area contributed by atoms with Crippen LogP contribution in [0.25, 0.3) is 10.2 Å². The van der Waals surface area contributed by atoms with Crippen LogP contribution in [0.2, 0.25) is 0 Å². The van der Waals surface area contributed by atoms with Crippen LogP contribution in [0, 0.1) is 18.8 Å². The molecule has 0 spiro atoms. The molecular weight excluding hydrogens is 436 g/mol. The summed E-state index contributed by atoms with van der Waals surface area (Å²) in [6.45, 7) is 6.63. The molecule has 0 saturated carbocycles. The minimum Gasteiger partial charge on any atom is -0.267 e. The minimum absolute atomic E-state index is 0.0666. The zero-order valence-electron chi connectivity index (χ0n) is 17.5. The van der Waals surface area contributed by atoms with E-state index in [0.29, 0.717) is 29.1 Å². The number of sulfonamides is 1. The quantitative estimate of drug-likeness (QED) is 0.645. The van der Waals surface area contributed by atoms with Gasteiger partial charge in [-0.1, -0.05) is 19.9 Å². The van der Waals surface area contributed by atoms with Gasteiger partial charge in [0, 0.05) is 18.7 Å². The van der Waals surface area contributed by atoms with Crippen LogP contribution in [0.3, 0.4) is 0 Å². The molecule has 1 saturated heterocycles. The molecule has 0 aliphatic carbocycles. The number of aryl methyl sites for hydroxylation is 1. The van der Waals surface area contributed by atoms with Gasteiger partial charge in [-0.3, -0.25) is 15.0 Å². The first-order valence-electron chi connectivity index (χ1n) is 10.0. The maximum atomic E-state index is 13.2. The third-order valence-electron chi connectivity index (χ3n) is 5.45. The molecule has 0 bridgehead atoms. The lowest BCUT2D eigenvalue weighted by molar-refractivity contribution is 0.101. The van der Waals surface area contributed by atoms with Gasteiger partial charge in [-0.15, -0.1) is 11.3 Å². The number of nitrogens with zero attached hydrogens (tertiary/aromatic N) is 3. The van der Waals surface area contributed by atoms with E-state index in [-0.39, 0.29) is 27.9 Å². The Hall–Kier alpha value is -2.56. The van der Waals surface area contributed by atoms with Gasteiger partial charge in [-0.2, -0.15) is 4.31 Å². The Kier molecular flexibility index (Phi) is 5.71. The van der Waals surface area contributed by atoms with Gasteiger partial charge >= 0.3 is 0 Å². The lowest BCUT2D eigenvalue weighted by Crippen LogP contribution is -2.42. The number of amides is 1. The van der Waals surface area contributed by atoms with Gasteiger partial charge < -0.3 is 0 Å². The minimum atomic E-state index is -3.72. The van der Waals surface area contributed by atoms with Crippen molar-refractivity contribution in [3.63, 3.8) is 0 Å². The third kappa shape index (κ3) is 4.15. The largest absolute Gasteiger partial charge is 0.281 e. The lowest BCUT2D eigenvalue weighted by atomic mass is 9.94. The molecule has 10 heteroatoms. The van der Waals surface area contributed by atoms with E-state index in [2.05, 4.69) is 10.4 Å². The number of fused-ring (bicyclic) bond motifs is 1. The topological polar surface area (TPSA) is 101 Å². The van der Waals surface area contributed by atoms with E-state index in [0.717, 1.165) is 11.1 Å². The number of nitrogens with one attached hydrogen (secondary N) is 1. The van der Waals surface area contributed by atoms with E-state index < -0.39 is 15.9 Å². The highest BCUT2D eigenvalue weighted by Gasteiger charge is 2.32. The number of rotatable bonds is 4. The second kappa shape index (κ2) is 8.18. The molecule has 164 valence electrons. The highest BCUT2D eigenvalue weighted by Crippen LogP contribution is 2.27. The second-order valence-electron chi connectivity index (χ2n) is 8.18. The number of aromatic nitrogens is 2. The van der Waals surface area contributed by atoms with Crippen LogP contribution in [-0.4, -0.2) is 41.4 Å². The van der Waals surface area contributed by atoms with Gasteiger partial charge in [0.05, 0.1) is 10.3 Å². The van der Waals surface area contributed by atoms with Crippen LogP contribution in [0.4, 0.5) is 0 Å². The number of hydrogen-bond donors (Lipinski definition) is 1. The Morgan fingerprint density at radius 3 is 2.61 bits per heavy atom. The Balaban J connectivity index is 1.63. The standard InChI is InChI=1S/C21H24N4O4S2/c1-13-9-14(2)12-24(11-13)31(28,29)17-6-4-5-16(10-17)19(26)23-25-15(3)22-20-18(21(25)27)7-8-30-20/h4-8,10,13-14H,9,11-12H2,1-3H3,(H,23,26)/t13-,14+. The fourth-order valence-electron chi connectivity index (χ4n) is 4.06. The monoisotopic (exact) mass is 460 g/mol. The normalized spacial score (nSPS) is 20.1. The zero-order valence-corrected chi connectivity index (χ0v) is 19.2. The van der Waals surface area contributed by atoms with Gasteiger partial charge in [-0.05, 0) is 54.8 Å². The van der Waals surface area contributed by atoms with E-state index in [9.17, 15) is 18.0 Å². The fraction of sp³-hybridized carbons (Fsp3) is 0.381. The van der Waals surface area contributed by atoms with E-state index in [4.69, 9.17) is 0 Å². The third-order valence-corrected chi connectivity index (χ3v) is 8.08. The van der Waals surface area contributed by atoms with Crippen LogP contribution in [-0.2, 0) is 10.0 Å². The van der Waals surface area contributed by atoms with E-state index in [1.807, 2.05) is 13.8 Å². The smallest absolute Gasteiger partial charge is 0.267 e. The Morgan fingerprint density at radius 2 is 1.90 bits per heavy atom. The first kappa shape index (κ1) is 21.7. The number of thiophene rings is 1. The van der Waals surface area contributed by atoms with E-state index >= 15 is 0 Å². The maximum absolute atomic E-state index is 13.2. The van der Waals surface area contributed by atoms with Crippen molar-refractivity contribution in [3.8, 4) is 0 Å². The summed E-state index contributed by atoms with van der Waals surface area (Å²) >= 11 is 1.35. The molecule has 3 heterocycles. The first-order chi connectivity index (χ1) is 14.7. The van der Waals surface area contributed by atoms with Crippen molar-refractivity contribution in [2.75, 3.05) is 18.5 Å². The van der Waals surface area contributed by atoms with Crippen molar-refractivity contribution in [3.05, 3.63) is 57.5 Å². The number of piperidine rings is 1. The summed E-state index contributed by atoms with van der Waals surface area (Å²) in [6, 6.07) is 7.56. The Bertz CT molecular complexity index is 1300. The van der Waals surface area contributed by atoms with Gasteiger partial charge in [0.15, 0.2) is 0 Å². The fourth-order valence-corrected chi connectivity index (χ4v) is 6.59. The summed E-state index contributed by atoms with van der Waals surface area (Å²) < 4.78 is 28.9. The van der Waals surface area contributed by atoms with Crippen molar-refractivity contribution in [1.29, 1.82) is 0 Å². The molecule has 1 fully saturated rings. The molecule has 0 radical (unpaired) electrons. The van der Waals surface area contributed by atoms with Crippen LogP contribution >= 0.6 is 11.3 Å². The molecule has 1 aliphatic heterocycles. The summed E-state index contributed by atoms with van der Waals surface area (Å²) in [4.78, 5) is 30.5. The van der Waals surface area contributed by atoms with Crippen molar-refractivity contribution >= 4 is 37.5 Å². The summed E-state index contributed by atoms with van der Waals surface area (Å²) in [6.07, 6.45) is 0.991. The van der Waals surface area contributed by atoms with Gasteiger partial charge in [0.2, 0.25) is 10.0 Å². The molecule has 31 heavy (non-hydrogen) atoms. The van der Waals surface area contributed by atoms with Gasteiger partial charge in [-0.25, -0.2) is 18.1 Å². The van der Waals surface area contributed by atoms with Crippen LogP contribution in [0.15, 0.2) is 45.4 Å². The van der Waals surface area contributed by atoms with Crippen molar-refractivity contribution in [1.82, 2.24) is 14.0 Å². The first-order valence-corrected chi connectivity index (χ1v) is 12.4. The molecule has 2 aromatic heterocycles. The maximum Gasteiger partial charge on any atom is 0.281 e. The van der Waals surface area contributed by atoms with Gasteiger partial charge in [0.1, 0.15) is 10.7 Å². The Morgan fingerprint density at radius 1 is 1.19 bits per heavy atom. The highest BCUT2D eigenvalue weighted by atomic mass is 32.2. The molecule has 2 atom stereocenters. The van der Waals surface area contributed by atoms with E-state index in [1.165, 1.54) is 39.9 Å². The molecule has 3 aromatic rings.